The molecule has 0 saturated carbocycles. The van der Waals surface area contributed by atoms with E-state index in [-0.39, 0.29) is 23.9 Å². The molecule has 0 radical (unpaired) electrons. The van der Waals surface area contributed by atoms with E-state index in [0.717, 1.165) is 12.1 Å². The predicted octanol–water partition coefficient (Wildman–Crippen LogP) is 1.61. The molecule has 0 bridgehead atoms. The molecule has 1 heterocycles. The van der Waals surface area contributed by atoms with E-state index in [2.05, 4.69) is 10.1 Å². The van der Waals surface area contributed by atoms with Crippen LogP contribution in [0.1, 0.15) is 17.7 Å². The van der Waals surface area contributed by atoms with Crippen molar-refractivity contribution in [1.29, 1.82) is 0 Å². The Morgan fingerprint density at radius 1 is 1.40 bits per heavy atom. The van der Waals surface area contributed by atoms with Crippen LogP contribution in [0.5, 0.6) is 5.88 Å². The molecule has 0 aliphatic rings. The van der Waals surface area contributed by atoms with E-state index in [0.29, 0.717) is 13.0 Å². The van der Waals surface area contributed by atoms with Gasteiger partial charge in [-0.1, -0.05) is 5.16 Å². The normalized spacial score (nSPS) is 12.5. The van der Waals surface area contributed by atoms with Crippen molar-refractivity contribution in [2.24, 2.45) is 10.9 Å². The van der Waals surface area contributed by atoms with E-state index in [4.69, 9.17) is 20.4 Å². The molecule has 9 heteroatoms. The van der Waals surface area contributed by atoms with Crippen LogP contribution in [0.2, 0.25) is 0 Å². The van der Waals surface area contributed by atoms with Crippen LogP contribution in [-0.4, -0.2) is 36.4 Å². The first-order valence-corrected chi connectivity index (χ1v) is 5.58. The van der Waals surface area contributed by atoms with Gasteiger partial charge in [0.25, 0.3) is 0 Å². The largest absolute Gasteiger partial charge is 0.477 e. The van der Waals surface area contributed by atoms with Crippen LogP contribution in [0, 0.1) is 0 Å². The Morgan fingerprint density at radius 2 is 2.10 bits per heavy atom. The van der Waals surface area contributed by atoms with Gasteiger partial charge in [0.05, 0.1) is 12.2 Å². The third-order valence-electron chi connectivity index (χ3n) is 2.27. The van der Waals surface area contributed by atoms with Gasteiger partial charge in [-0.25, -0.2) is 4.98 Å². The summed E-state index contributed by atoms with van der Waals surface area (Å²) in [6.45, 7) is 0.478. The molecule has 0 fully saturated rings. The second kappa shape index (κ2) is 6.94. The molecule has 0 saturated heterocycles. The third-order valence-corrected chi connectivity index (χ3v) is 2.27. The highest BCUT2D eigenvalue weighted by Crippen LogP contribution is 2.30. The van der Waals surface area contributed by atoms with Gasteiger partial charge in [-0.3, -0.25) is 0 Å². The number of nitrogens with two attached hydrogens (primary N) is 1. The minimum absolute atomic E-state index is 0.0158. The van der Waals surface area contributed by atoms with E-state index >= 15 is 0 Å². The Morgan fingerprint density at radius 3 is 2.65 bits per heavy atom. The number of oxime groups is 1. The number of methoxy groups -OCH3 is 1. The number of amidine groups is 1. The molecule has 6 nitrogen and oxygen atoms in total. The summed E-state index contributed by atoms with van der Waals surface area (Å²) in [7, 11) is 1.49. The van der Waals surface area contributed by atoms with Crippen molar-refractivity contribution < 1.29 is 27.9 Å². The van der Waals surface area contributed by atoms with Gasteiger partial charge in [0.15, 0.2) is 5.84 Å². The van der Waals surface area contributed by atoms with E-state index in [1.165, 1.54) is 7.11 Å². The maximum absolute atomic E-state index is 12.6. The summed E-state index contributed by atoms with van der Waals surface area (Å²) in [4.78, 5) is 3.35. The van der Waals surface area contributed by atoms with Crippen LogP contribution in [0.15, 0.2) is 17.3 Å². The molecule has 0 spiro atoms. The zero-order chi connectivity index (χ0) is 15.2. The number of hydrogen-bond donors (Lipinski definition) is 2. The topological polar surface area (TPSA) is 90.0 Å². The number of nitrogens with zero attached hydrogens (tertiary/aromatic N) is 2. The average molecular weight is 293 g/mol. The third kappa shape index (κ3) is 4.26. The molecular weight excluding hydrogens is 279 g/mol. The molecule has 20 heavy (non-hydrogen) atoms. The Labute approximate surface area is 113 Å². The van der Waals surface area contributed by atoms with Crippen LogP contribution in [-0.2, 0) is 10.9 Å². The summed E-state index contributed by atoms with van der Waals surface area (Å²) in [5.74, 6) is -0.723. The fourth-order valence-corrected chi connectivity index (χ4v) is 1.33. The zero-order valence-corrected chi connectivity index (χ0v) is 10.6. The first kappa shape index (κ1) is 16.0. The molecule has 3 N–H and O–H groups in total. The zero-order valence-electron chi connectivity index (χ0n) is 10.6. The number of alkyl halides is 3. The van der Waals surface area contributed by atoms with Gasteiger partial charge < -0.3 is 20.4 Å². The van der Waals surface area contributed by atoms with Crippen molar-refractivity contribution in [3.8, 4) is 5.88 Å². The first-order chi connectivity index (χ1) is 9.40. The summed E-state index contributed by atoms with van der Waals surface area (Å²) in [6, 6.07) is 1.77. The SMILES string of the molecule is COCCCOc1nc(C(F)(F)F)ccc1C(N)=NO. The summed E-state index contributed by atoms with van der Waals surface area (Å²) < 4.78 is 47.7. The lowest BCUT2D eigenvalue weighted by Gasteiger charge is -2.12. The highest BCUT2D eigenvalue weighted by atomic mass is 19.4. The first-order valence-electron chi connectivity index (χ1n) is 5.58. The van der Waals surface area contributed by atoms with Crippen LogP contribution in [0.3, 0.4) is 0 Å². The van der Waals surface area contributed by atoms with Gasteiger partial charge in [-0.05, 0) is 12.1 Å². The lowest BCUT2D eigenvalue weighted by molar-refractivity contribution is -0.141. The lowest BCUT2D eigenvalue weighted by Crippen LogP contribution is -2.18. The minimum atomic E-state index is -4.60. The summed E-state index contributed by atoms with van der Waals surface area (Å²) >= 11 is 0. The van der Waals surface area contributed by atoms with Crippen LogP contribution >= 0.6 is 0 Å². The number of pyridine rings is 1. The van der Waals surface area contributed by atoms with Crippen molar-refractivity contribution >= 4 is 5.84 Å². The monoisotopic (exact) mass is 293 g/mol. The van der Waals surface area contributed by atoms with Crippen LogP contribution in [0.4, 0.5) is 13.2 Å². The maximum atomic E-state index is 12.6. The van der Waals surface area contributed by atoms with Gasteiger partial charge in [-0.15, -0.1) is 0 Å². The molecule has 1 rings (SSSR count). The predicted molar refractivity (Wildman–Crippen MR) is 63.7 cm³/mol. The van der Waals surface area contributed by atoms with Gasteiger partial charge in [0.1, 0.15) is 5.69 Å². The summed E-state index contributed by atoms with van der Waals surface area (Å²) in [6.07, 6.45) is -4.14. The van der Waals surface area contributed by atoms with Crippen molar-refractivity contribution in [1.82, 2.24) is 4.98 Å². The number of rotatable bonds is 6. The fraction of sp³-hybridized carbons (Fsp3) is 0.455. The van der Waals surface area contributed by atoms with E-state index in [1.807, 2.05) is 0 Å². The van der Waals surface area contributed by atoms with Crippen molar-refractivity contribution in [3.05, 3.63) is 23.4 Å². The molecule has 0 amide bonds. The smallest absolute Gasteiger partial charge is 0.433 e. The van der Waals surface area contributed by atoms with Crippen molar-refractivity contribution in [3.63, 3.8) is 0 Å². The summed E-state index contributed by atoms with van der Waals surface area (Å²) in [5.41, 5.74) is 4.23. The molecule has 0 aromatic carbocycles. The minimum Gasteiger partial charge on any atom is -0.477 e. The molecule has 112 valence electrons. The summed E-state index contributed by atoms with van der Waals surface area (Å²) in [5, 5.41) is 11.3. The standard InChI is InChI=1S/C11H14F3N3O3/c1-19-5-2-6-20-10-7(9(15)17-18)3-4-8(16-10)11(12,13)14/h3-4,18H,2,5-6H2,1H3,(H2,15,17). The Bertz CT molecular complexity index is 478. The average Bonchev–Trinajstić information content (AvgIpc) is 2.41. The van der Waals surface area contributed by atoms with Crippen LogP contribution < -0.4 is 10.5 Å². The quantitative estimate of drug-likeness (QED) is 0.273. The lowest BCUT2D eigenvalue weighted by atomic mass is 10.2. The Kier molecular flexibility index (Phi) is 5.56. The van der Waals surface area contributed by atoms with Crippen molar-refractivity contribution in [2.45, 2.75) is 12.6 Å². The van der Waals surface area contributed by atoms with Gasteiger partial charge in [0, 0.05) is 20.1 Å². The van der Waals surface area contributed by atoms with E-state index in [9.17, 15) is 13.2 Å². The Balaban J connectivity index is 3.01. The highest BCUT2D eigenvalue weighted by Gasteiger charge is 2.33. The number of halogens is 3. The molecule has 0 atom stereocenters. The van der Waals surface area contributed by atoms with Crippen molar-refractivity contribution in [2.75, 3.05) is 20.3 Å². The molecule has 0 aliphatic carbocycles. The van der Waals surface area contributed by atoms with Gasteiger partial charge in [-0.2, -0.15) is 13.2 Å². The van der Waals surface area contributed by atoms with Gasteiger partial charge >= 0.3 is 6.18 Å². The molecule has 0 unspecified atom stereocenters. The molecule has 0 aliphatic heterocycles. The van der Waals surface area contributed by atoms with E-state index in [1.54, 1.807) is 0 Å². The number of hydrogen-bond acceptors (Lipinski definition) is 5. The highest BCUT2D eigenvalue weighted by molar-refractivity contribution is 5.99. The fourth-order valence-electron chi connectivity index (χ4n) is 1.33. The van der Waals surface area contributed by atoms with Crippen LogP contribution in [0.25, 0.3) is 0 Å². The number of aromatic nitrogens is 1. The number of ether oxygens (including phenoxy) is 2. The molecule has 1 aromatic rings. The van der Waals surface area contributed by atoms with E-state index < -0.39 is 11.9 Å². The molecule has 1 aromatic heterocycles. The second-order valence-electron chi connectivity index (χ2n) is 3.73. The maximum Gasteiger partial charge on any atom is 0.433 e. The second-order valence-corrected chi connectivity index (χ2v) is 3.73. The molecular formula is C11H14F3N3O3. The Hall–Kier alpha value is -2.03. The van der Waals surface area contributed by atoms with Gasteiger partial charge in [0.2, 0.25) is 5.88 Å².